The standard InChI is InChI=1S/C21H22N4OS/c1-21(2)14-25(18(21)16-9-6-10-22-11-16)20(26)23-12-17-13-27-19(24-17)15-7-4-3-5-8-15/h3-11,13,18H,12,14H2,1-2H3,(H,23,26). The van der Waals surface area contributed by atoms with Crippen LogP contribution in [0.1, 0.15) is 31.1 Å². The van der Waals surface area contributed by atoms with Crippen LogP contribution in [0, 0.1) is 5.41 Å². The monoisotopic (exact) mass is 378 g/mol. The third-order valence-corrected chi connectivity index (χ3v) is 5.82. The number of likely N-dealkylation sites (tertiary alicyclic amines) is 1. The van der Waals surface area contributed by atoms with Gasteiger partial charge in [0.1, 0.15) is 5.01 Å². The van der Waals surface area contributed by atoms with Crippen LogP contribution < -0.4 is 5.32 Å². The third-order valence-electron chi connectivity index (χ3n) is 4.88. The fourth-order valence-corrected chi connectivity index (χ4v) is 4.48. The van der Waals surface area contributed by atoms with Crippen molar-refractivity contribution in [2.75, 3.05) is 6.54 Å². The summed E-state index contributed by atoms with van der Waals surface area (Å²) in [5.41, 5.74) is 3.09. The van der Waals surface area contributed by atoms with Crippen molar-refractivity contribution in [2.24, 2.45) is 5.41 Å². The molecule has 0 spiro atoms. The van der Waals surface area contributed by atoms with E-state index in [0.717, 1.165) is 28.4 Å². The summed E-state index contributed by atoms with van der Waals surface area (Å²) in [4.78, 5) is 23.4. The molecule has 2 aromatic heterocycles. The molecule has 3 aromatic rings. The van der Waals surface area contributed by atoms with E-state index >= 15 is 0 Å². The zero-order chi connectivity index (χ0) is 18.9. The number of pyridine rings is 1. The molecule has 1 atom stereocenters. The maximum Gasteiger partial charge on any atom is 0.318 e. The maximum absolute atomic E-state index is 12.7. The highest BCUT2D eigenvalue weighted by molar-refractivity contribution is 7.13. The molecule has 138 valence electrons. The van der Waals surface area contributed by atoms with Crippen LogP contribution in [0.2, 0.25) is 0 Å². The average Bonchev–Trinajstić information content (AvgIpc) is 3.15. The lowest BCUT2D eigenvalue weighted by Gasteiger charge is -2.54. The molecular weight excluding hydrogens is 356 g/mol. The van der Waals surface area contributed by atoms with E-state index in [0.29, 0.717) is 6.54 Å². The van der Waals surface area contributed by atoms with Crippen molar-refractivity contribution in [1.29, 1.82) is 0 Å². The van der Waals surface area contributed by atoms with E-state index in [1.165, 1.54) is 0 Å². The number of carbonyl (C=O) groups is 1. The first-order valence-corrected chi connectivity index (χ1v) is 9.87. The Kier molecular flexibility index (Phi) is 4.66. The highest BCUT2D eigenvalue weighted by atomic mass is 32.1. The van der Waals surface area contributed by atoms with Crippen molar-refractivity contribution in [3.8, 4) is 10.6 Å². The Morgan fingerprint density at radius 2 is 2.07 bits per heavy atom. The molecule has 6 heteroatoms. The third kappa shape index (κ3) is 3.57. The lowest BCUT2D eigenvalue weighted by Crippen LogP contribution is -2.60. The summed E-state index contributed by atoms with van der Waals surface area (Å²) >= 11 is 1.60. The summed E-state index contributed by atoms with van der Waals surface area (Å²) in [6, 6.07) is 14.0. The molecule has 1 aliphatic heterocycles. The van der Waals surface area contributed by atoms with Gasteiger partial charge in [0.25, 0.3) is 0 Å². The highest BCUT2D eigenvalue weighted by Crippen LogP contribution is 2.47. The number of nitrogens with one attached hydrogen (secondary N) is 1. The largest absolute Gasteiger partial charge is 0.332 e. The normalized spacial score (nSPS) is 18.0. The molecule has 1 saturated heterocycles. The van der Waals surface area contributed by atoms with Crippen LogP contribution in [0.25, 0.3) is 10.6 Å². The van der Waals surface area contributed by atoms with Crippen LogP contribution in [0.15, 0.2) is 60.2 Å². The van der Waals surface area contributed by atoms with E-state index in [1.807, 2.05) is 58.9 Å². The number of carbonyl (C=O) groups excluding carboxylic acids is 1. The van der Waals surface area contributed by atoms with Crippen LogP contribution in [0.5, 0.6) is 0 Å². The highest BCUT2D eigenvalue weighted by Gasteiger charge is 2.48. The summed E-state index contributed by atoms with van der Waals surface area (Å²) in [6.07, 6.45) is 3.60. The van der Waals surface area contributed by atoms with Gasteiger partial charge < -0.3 is 10.2 Å². The lowest BCUT2D eigenvalue weighted by molar-refractivity contribution is -0.0167. The first kappa shape index (κ1) is 17.7. The molecule has 1 unspecified atom stereocenters. The molecule has 3 heterocycles. The zero-order valence-corrected chi connectivity index (χ0v) is 16.2. The molecule has 4 rings (SSSR count). The van der Waals surface area contributed by atoms with Crippen LogP contribution >= 0.6 is 11.3 Å². The van der Waals surface area contributed by atoms with E-state index in [1.54, 1.807) is 17.5 Å². The van der Waals surface area contributed by atoms with Gasteiger partial charge in [-0.15, -0.1) is 11.3 Å². The second-order valence-corrected chi connectivity index (χ2v) is 8.33. The van der Waals surface area contributed by atoms with Gasteiger partial charge in [0.15, 0.2) is 0 Å². The van der Waals surface area contributed by atoms with Crippen molar-refractivity contribution in [2.45, 2.75) is 26.4 Å². The van der Waals surface area contributed by atoms with Crippen LogP contribution in [-0.4, -0.2) is 27.4 Å². The topological polar surface area (TPSA) is 58.1 Å². The molecule has 1 aliphatic rings. The summed E-state index contributed by atoms with van der Waals surface area (Å²) in [7, 11) is 0. The van der Waals surface area contributed by atoms with Crippen molar-refractivity contribution in [3.63, 3.8) is 0 Å². The molecule has 2 amide bonds. The number of hydrogen-bond acceptors (Lipinski definition) is 4. The van der Waals surface area contributed by atoms with E-state index in [-0.39, 0.29) is 17.5 Å². The number of amides is 2. The Hall–Kier alpha value is -2.73. The van der Waals surface area contributed by atoms with Crippen molar-refractivity contribution in [3.05, 3.63) is 71.5 Å². The molecule has 1 fully saturated rings. The number of nitrogens with zero attached hydrogens (tertiary/aromatic N) is 3. The van der Waals surface area contributed by atoms with Gasteiger partial charge in [0, 0.05) is 35.3 Å². The summed E-state index contributed by atoms with van der Waals surface area (Å²) in [6.45, 7) is 5.52. The van der Waals surface area contributed by atoms with Gasteiger partial charge in [-0.1, -0.05) is 50.2 Å². The van der Waals surface area contributed by atoms with E-state index in [4.69, 9.17) is 0 Å². The van der Waals surface area contributed by atoms with Crippen LogP contribution in [-0.2, 0) is 6.54 Å². The predicted octanol–water partition coefficient (Wildman–Crippen LogP) is 4.50. The average molecular weight is 379 g/mol. The first-order chi connectivity index (χ1) is 13.0. The van der Waals surface area contributed by atoms with Gasteiger partial charge in [-0.05, 0) is 11.6 Å². The van der Waals surface area contributed by atoms with Crippen LogP contribution in [0.3, 0.4) is 0 Å². The maximum atomic E-state index is 12.7. The van der Waals surface area contributed by atoms with Crippen LogP contribution in [0.4, 0.5) is 4.79 Å². The van der Waals surface area contributed by atoms with Gasteiger partial charge >= 0.3 is 6.03 Å². The lowest BCUT2D eigenvalue weighted by atomic mass is 9.72. The van der Waals surface area contributed by atoms with Gasteiger partial charge in [-0.3, -0.25) is 4.98 Å². The summed E-state index contributed by atoms with van der Waals surface area (Å²) in [5.74, 6) is 0. The number of aromatic nitrogens is 2. The number of thiazole rings is 1. The number of urea groups is 1. The second-order valence-electron chi connectivity index (χ2n) is 7.47. The minimum atomic E-state index is -0.0579. The molecule has 27 heavy (non-hydrogen) atoms. The number of benzene rings is 1. The fraction of sp³-hybridized carbons (Fsp3) is 0.286. The molecule has 1 N–H and O–H groups in total. The molecule has 0 saturated carbocycles. The van der Waals surface area contributed by atoms with Gasteiger partial charge in [0.2, 0.25) is 0 Å². The molecule has 5 nitrogen and oxygen atoms in total. The summed E-state index contributed by atoms with van der Waals surface area (Å²) in [5, 5.41) is 5.99. The Balaban J connectivity index is 1.41. The summed E-state index contributed by atoms with van der Waals surface area (Å²) < 4.78 is 0. The minimum Gasteiger partial charge on any atom is -0.332 e. The van der Waals surface area contributed by atoms with E-state index in [2.05, 4.69) is 29.1 Å². The second kappa shape index (κ2) is 7.12. The molecule has 0 bridgehead atoms. The molecular formula is C21H22N4OS. The number of hydrogen-bond donors (Lipinski definition) is 1. The predicted molar refractivity (Wildman–Crippen MR) is 107 cm³/mol. The molecule has 0 radical (unpaired) electrons. The van der Waals surface area contributed by atoms with E-state index < -0.39 is 0 Å². The van der Waals surface area contributed by atoms with Gasteiger partial charge in [-0.2, -0.15) is 0 Å². The Bertz CT molecular complexity index is 924. The molecule has 0 aliphatic carbocycles. The fourth-order valence-electron chi connectivity index (χ4n) is 3.65. The van der Waals surface area contributed by atoms with Gasteiger partial charge in [-0.25, -0.2) is 9.78 Å². The number of rotatable bonds is 4. The Morgan fingerprint density at radius 1 is 1.26 bits per heavy atom. The zero-order valence-electron chi connectivity index (χ0n) is 15.4. The van der Waals surface area contributed by atoms with E-state index in [9.17, 15) is 4.79 Å². The SMILES string of the molecule is CC1(C)CN(C(=O)NCc2csc(-c3ccccc3)n2)C1c1cccnc1. The Labute approximate surface area is 163 Å². The minimum absolute atomic E-state index is 0.0431. The smallest absolute Gasteiger partial charge is 0.318 e. The van der Waals surface area contributed by atoms with Crippen molar-refractivity contribution in [1.82, 2.24) is 20.2 Å². The quantitative estimate of drug-likeness (QED) is 0.727. The van der Waals surface area contributed by atoms with Gasteiger partial charge in [0.05, 0.1) is 18.3 Å². The Morgan fingerprint density at radius 3 is 2.78 bits per heavy atom. The van der Waals surface area contributed by atoms with Crippen molar-refractivity contribution >= 4 is 17.4 Å². The van der Waals surface area contributed by atoms with Crippen molar-refractivity contribution < 1.29 is 4.79 Å². The first-order valence-electron chi connectivity index (χ1n) is 8.99. The molecule has 1 aromatic carbocycles.